The van der Waals surface area contributed by atoms with Crippen molar-refractivity contribution in [1.29, 1.82) is 0 Å². The molecule has 0 spiro atoms. The van der Waals surface area contributed by atoms with Crippen LogP contribution in [0.5, 0.6) is 0 Å². The molecular weight excluding hydrogens is 333 g/mol. The molecule has 0 bridgehead atoms. The highest BCUT2D eigenvalue weighted by Crippen LogP contribution is 2.18. The van der Waals surface area contributed by atoms with E-state index in [0.29, 0.717) is 0 Å². The van der Waals surface area contributed by atoms with E-state index < -0.39 is 0 Å². The van der Waals surface area contributed by atoms with Gasteiger partial charge in [-0.15, -0.1) is 24.8 Å². The highest BCUT2D eigenvalue weighted by molar-refractivity contribution is 5.85. The van der Waals surface area contributed by atoms with Gasteiger partial charge in [0.15, 0.2) is 0 Å². The van der Waals surface area contributed by atoms with Crippen LogP contribution in [0.15, 0.2) is 24.3 Å². The second-order valence-electron chi connectivity index (χ2n) is 5.90. The van der Waals surface area contributed by atoms with Crippen LogP contribution >= 0.6 is 24.8 Å². The number of nitrogens with zero attached hydrogens (tertiary/aromatic N) is 1. The normalized spacial score (nSPS) is 14.9. The first-order chi connectivity index (χ1) is 10.2. The van der Waals surface area contributed by atoms with E-state index in [0.717, 1.165) is 45.6 Å². The van der Waals surface area contributed by atoms with Gasteiger partial charge in [0.2, 0.25) is 5.91 Å². The van der Waals surface area contributed by atoms with Crippen molar-refractivity contribution >= 4 is 30.7 Å². The molecule has 1 atom stereocenters. The summed E-state index contributed by atoms with van der Waals surface area (Å²) < 4.78 is 0. The van der Waals surface area contributed by atoms with Crippen LogP contribution in [0.2, 0.25) is 0 Å². The fourth-order valence-corrected chi connectivity index (χ4v) is 2.83. The molecule has 23 heavy (non-hydrogen) atoms. The Balaban J connectivity index is 0.00000242. The molecule has 0 saturated heterocycles. The summed E-state index contributed by atoms with van der Waals surface area (Å²) in [5.74, 6) is 0.185. The Labute approximate surface area is 152 Å². The van der Waals surface area contributed by atoms with Gasteiger partial charge in [0.25, 0.3) is 0 Å². The van der Waals surface area contributed by atoms with Crippen LogP contribution in [0.4, 0.5) is 0 Å². The predicted molar refractivity (Wildman–Crippen MR) is 101 cm³/mol. The summed E-state index contributed by atoms with van der Waals surface area (Å²) in [5, 5.41) is 6.05. The van der Waals surface area contributed by atoms with Gasteiger partial charge in [0, 0.05) is 38.6 Å². The maximum atomic E-state index is 11.8. The number of carbonyl (C=O) groups is 1. The Hall–Kier alpha value is -0.810. The highest BCUT2D eigenvalue weighted by atomic mass is 35.5. The minimum atomic E-state index is 0. The number of benzene rings is 1. The zero-order valence-electron chi connectivity index (χ0n) is 14.0. The van der Waals surface area contributed by atoms with Crippen molar-refractivity contribution in [2.24, 2.45) is 5.92 Å². The fourth-order valence-electron chi connectivity index (χ4n) is 2.83. The van der Waals surface area contributed by atoms with Crippen LogP contribution in [0, 0.1) is 5.92 Å². The Morgan fingerprint density at radius 1 is 1.26 bits per heavy atom. The molecule has 0 saturated carbocycles. The first kappa shape index (κ1) is 22.2. The fraction of sp³-hybridized carbons (Fsp3) is 0.588. The van der Waals surface area contributed by atoms with Gasteiger partial charge in [-0.25, -0.2) is 0 Å². The topological polar surface area (TPSA) is 44.4 Å². The largest absolute Gasteiger partial charge is 0.356 e. The SMILES string of the molecule is CNCC(C)C(=O)NCCCN1CCc2ccccc2C1.Cl.Cl. The van der Waals surface area contributed by atoms with Gasteiger partial charge < -0.3 is 10.6 Å². The Morgan fingerprint density at radius 2 is 1.96 bits per heavy atom. The Bertz CT molecular complexity index is 471. The molecular formula is C17H29Cl2N3O. The van der Waals surface area contributed by atoms with Crippen LogP contribution in [-0.4, -0.2) is 44.0 Å². The lowest BCUT2D eigenvalue weighted by atomic mass is 10.00. The van der Waals surface area contributed by atoms with Gasteiger partial charge in [-0.1, -0.05) is 31.2 Å². The number of hydrogen-bond donors (Lipinski definition) is 2. The van der Waals surface area contributed by atoms with Gasteiger partial charge >= 0.3 is 0 Å². The molecule has 1 aromatic rings. The Kier molecular flexibility index (Phi) is 11.3. The Morgan fingerprint density at radius 3 is 2.65 bits per heavy atom. The van der Waals surface area contributed by atoms with E-state index in [9.17, 15) is 4.79 Å². The third kappa shape index (κ3) is 7.08. The zero-order valence-corrected chi connectivity index (χ0v) is 15.6. The van der Waals surface area contributed by atoms with Crippen molar-refractivity contribution in [3.8, 4) is 0 Å². The molecule has 132 valence electrons. The second kappa shape index (κ2) is 11.7. The number of rotatable bonds is 7. The lowest BCUT2D eigenvalue weighted by Gasteiger charge is -2.28. The molecule has 0 aromatic heterocycles. The summed E-state index contributed by atoms with van der Waals surface area (Å²) in [6.45, 7) is 6.67. The lowest BCUT2D eigenvalue weighted by molar-refractivity contribution is -0.124. The highest BCUT2D eigenvalue weighted by Gasteiger charge is 2.15. The standard InChI is InChI=1S/C17H27N3O.2ClH/c1-14(12-18-2)17(21)19-9-5-10-20-11-8-15-6-3-4-7-16(15)13-20;;/h3-4,6-7,14,18H,5,8-13H2,1-2H3,(H,19,21);2*1H. The zero-order chi connectivity index (χ0) is 15.1. The maximum Gasteiger partial charge on any atom is 0.224 e. The van der Waals surface area contributed by atoms with E-state index >= 15 is 0 Å². The van der Waals surface area contributed by atoms with Crippen LogP contribution in [0.25, 0.3) is 0 Å². The van der Waals surface area contributed by atoms with E-state index in [1.165, 1.54) is 11.1 Å². The number of fused-ring (bicyclic) bond motifs is 1. The number of hydrogen-bond acceptors (Lipinski definition) is 3. The molecule has 0 radical (unpaired) electrons. The van der Waals surface area contributed by atoms with Crippen LogP contribution in [-0.2, 0) is 17.8 Å². The molecule has 2 N–H and O–H groups in total. The monoisotopic (exact) mass is 361 g/mol. The van der Waals surface area contributed by atoms with Crippen molar-refractivity contribution in [3.63, 3.8) is 0 Å². The van der Waals surface area contributed by atoms with Crippen LogP contribution in [0.1, 0.15) is 24.5 Å². The minimum Gasteiger partial charge on any atom is -0.356 e. The first-order valence-electron chi connectivity index (χ1n) is 7.92. The molecule has 1 aliphatic rings. The molecule has 1 heterocycles. The van der Waals surface area contributed by atoms with Gasteiger partial charge in [-0.05, 0) is 31.0 Å². The molecule has 1 aliphatic heterocycles. The average Bonchev–Trinajstić information content (AvgIpc) is 2.51. The number of halogens is 2. The van der Waals surface area contributed by atoms with Gasteiger partial charge in [0.1, 0.15) is 0 Å². The van der Waals surface area contributed by atoms with Crippen molar-refractivity contribution in [2.75, 3.05) is 33.2 Å². The van der Waals surface area contributed by atoms with Crippen LogP contribution < -0.4 is 10.6 Å². The molecule has 6 heteroatoms. The summed E-state index contributed by atoms with van der Waals surface area (Å²) in [7, 11) is 1.87. The van der Waals surface area contributed by atoms with Crippen molar-refractivity contribution < 1.29 is 4.79 Å². The van der Waals surface area contributed by atoms with E-state index in [4.69, 9.17) is 0 Å². The number of nitrogens with one attached hydrogen (secondary N) is 2. The van der Waals surface area contributed by atoms with Gasteiger partial charge in [-0.2, -0.15) is 0 Å². The van der Waals surface area contributed by atoms with Crippen molar-refractivity contribution in [2.45, 2.75) is 26.3 Å². The molecule has 4 nitrogen and oxygen atoms in total. The third-order valence-corrected chi connectivity index (χ3v) is 4.12. The maximum absolute atomic E-state index is 11.8. The second-order valence-corrected chi connectivity index (χ2v) is 5.90. The van der Waals surface area contributed by atoms with E-state index in [1.807, 2.05) is 14.0 Å². The van der Waals surface area contributed by atoms with Crippen LogP contribution in [0.3, 0.4) is 0 Å². The number of carbonyl (C=O) groups excluding carboxylic acids is 1. The summed E-state index contributed by atoms with van der Waals surface area (Å²) in [6.07, 6.45) is 2.15. The summed E-state index contributed by atoms with van der Waals surface area (Å²) in [4.78, 5) is 14.3. The predicted octanol–water partition coefficient (Wildman–Crippen LogP) is 2.25. The first-order valence-corrected chi connectivity index (χ1v) is 7.92. The van der Waals surface area contributed by atoms with Gasteiger partial charge in [0.05, 0.1) is 0 Å². The quantitative estimate of drug-likeness (QED) is 0.732. The molecule has 0 aliphatic carbocycles. The van der Waals surface area contributed by atoms with E-state index in [2.05, 4.69) is 39.8 Å². The summed E-state index contributed by atoms with van der Waals surface area (Å²) in [6, 6.07) is 8.70. The smallest absolute Gasteiger partial charge is 0.224 e. The molecule has 2 rings (SSSR count). The minimum absolute atomic E-state index is 0. The summed E-state index contributed by atoms with van der Waals surface area (Å²) in [5.41, 5.74) is 2.94. The van der Waals surface area contributed by atoms with Gasteiger partial charge in [-0.3, -0.25) is 9.69 Å². The van der Waals surface area contributed by atoms with E-state index in [1.54, 1.807) is 0 Å². The van der Waals surface area contributed by atoms with Crippen molar-refractivity contribution in [3.05, 3.63) is 35.4 Å². The molecule has 0 fully saturated rings. The summed E-state index contributed by atoms with van der Waals surface area (Å²) >= 11 is 0. The lowest BCUT2D eigenvalue weighted by Crippen LogP contribution is -2.37. The average molecular weight is 362 g/mol. The third-order valence-electron chi connectivity index (χ3n) is 4.12. The van der Waals surface area contributed by atoms with E-state index in [-0.39, 0.29) is 36.6 Å². The molecule has 1 aromatic carbocycles. The number of amides is 1. The van der Waals surface area contributed by atoms with Crippen molar-refractivity contribution in [1.82, 2.24) is 15.5 Å². The molecule has 1 amide bonds. The molecule has 1 unspecified atom stereocenters.